The fraction of sp³-hybridized carbons (Fsp3) is 0.0952. The van der Waals surface area contributed by atoms with Gasteiger partial charge in [0.25, 0.3) is 10.0 Å². The number of anilines is 1. The summed E-state index contributed by atoms with van der Waals surface area (Å²) in [5, 5.41) is 3.38. The van der Waals surface area contributed by atoms with E-state index in [0.717, 1.165) is 19.8 Å². The molecule has 0 bridgehead atoms. The normalized spacial score (nSPS) is 11.9. The van der Waals surface area contributed by atoms with Gasteiger partial charge in [0.15, 0.2) is 0 Å². The van der Waals surface area contributed by atoms with Gasteiger partial charge in [-0.15, -0.1) is 11.3 Å². The largest absolute Gasteiger partial charge is 0.323 e. The molecule has 3 rings (SSSR count). The number of hydrogen-bond acceptors (Lipinski definition) is 5. The van der Waals surface area contributed by atoms with E-state index >= 15 is 0 Å². The Hall–Kier alpha value is -2.49. The van der Waals surface area contributed by atoms with Crippen LogP contribution in [-0.4, -0.2) is 33.0 Å². The van der Waals surface area contributed by atoms with Crippen LogP contribution in [0.5, 0.6) is 0 Å². The van der Waals surface area contributed by atoms with E-state index in [0.29, 0.717) is 10.7 Å². The molecule has 3 aromatic rings. The molecule has 0 unspecified atom stereocenters. The zero-order valence-electron chi connectivity index (χ0n) is 16.2. The van der Waals surface area contributed by atoms with Crippen LogP contribution in [0.3, 0.4) is 0 Å². The zero-order valence-corrected chi connectivity index (χ0v) is 18.6. The first-order valence-electron chi connectivity index (χ1n) is 8.78. The smallest absolute Gasteiger partial charge is 0.264 e. The van der Waals surface area contributed by atoms with Crippen LogP contribution in [0, 0.1) is 0 Å². The van der Waals surface area contributed by atoms with Gasteiger partial charge in [0.05, 0.1) is 12.0 Å². The van der Waals surface area contributed by atoms with Crippen LogP contribution in [-0.2, 0) is 19.7 Å². The van der Waals surface area contributed by atoms with Gasteiger partial charge in [0, 0.05) is 39.2 Å². The van der Waals surface area contributed by atoms with Gasteiger partial charge in [0.2, 0.25) is 5.91 Å². The minimum Gasteiger partial charge on any atom is -0.323 e. The quantitative estimate of drug-likeness (QED) is 0.400. The van der Waals surface area contributed by atoms with Gasteiger partial charge in [-0.1, -0.05) is 34.3 Å². The van der Waals surface area contributed by atoms with Crippen molar-refractivity contribution in [2.75, 3.05) is 19.5 Å². The fourth-order valence-electron chi connectivity index (χ4n) is 2.55. The molecule has 1 N–H and O–H groups in total. The van der Waals surface area contributed by atoms with Crippen molar-refractivity contribution in [2.45, 2.75) is 4.90 Å². The molecule has 0 aliphatic carbocycles. The number of nitrogens with zero attached hydrogens (tertiary/aromatic N) is 1. The molecule has 0 spiro atoms. The maximum atomic E-state index is 12.2. The molecule has 0 aliphatic rings. The average molecular weight is 463 g/mol. The summed E-state index contributed by atoms with van der Waals surface area (Å²) in [6.45, 7) is 0. The number of rotatable bonds is 7. The van der Waals surface area contributed by atoms with E-state index in [-0.39, 0.29) is 10.8 Å². The number of sulfonamides is 1. The van der Waals surface area contributed by atoms with Crippen molar-refractivity contribution >= 4 is 50.6 Å². The van der Waals surface area contributed by atoms with Crippen LogP contribution in [0.4, 0.5) is 5.69 Å². The lowest BCUT2D eigenvalue weighted by molar-refractivity contribution is -0.111. The summed E-state index contributed by atoms with van der Waals surface area (Å²) < 4.78 is 25.1. The van der Waals surface area contributed by atoms with Gasteiger partial charge >= 0.3 is 0 Å². The molecule has 1 aromatic heterocycles. The fourth-order valence-corrected chi connectivity index (χ4v) is 4.76. The molecule has 0 saturated carbocycles. The predicted molar refractivity (Wildman–Crippen MR) is 121 cm³/mol. The van der Waals surface area contributed by atoms with Crippen molar-refractivity contribution < 1.29 is 18.0 Å². The van der Waals surface area contributed by atoms with Gasteiger partial charge < -0.3 is 5.32 Å². The van der Waals surface area contributed by atoms with E-state index in [4.69, 9.17) is 16.4 Å². The highest BCUT2D eigenvalue weighted by molar-refractivity contribution is 7.89. The van der Waals surface area contributed by atoms with Gasteiger partial charge in [-0.05, 0) is 48.5 Å². The second-order valence-corrected chi connectivity index (χ2v) is 9.58. The second-order valence-electron chi connectivity index (χ2n) is 6.13. The third-order valence-corrected chi connectivity index (χ3v) is 7.29. The monoisotopic (exact) mass is 462 g/mol. The van der Waals surface area contributed by atoms with E-state index in [1.807, 2.05) is 36.4 Å². The van der Waals surface area contributed by atoms with Crippen LogP contribution in [0.1, 0.15) is 4.88 Å². The van der Waals surface area contributed by atoms with Gasteiger partial charge in [-0.25, -0.2) is 8.42 Å². The van der Waals surface area contributed by atoms with Crippen LogP contribution in [0.25, 0.3) is 16.5 Å². The highest BCUT2D eigenvalue weighted by Crippen LogP contribution is 2.33. The van der Waals surface area contributed by atoms with Crippen LogP contribution >= 0.6 is 22.9 Å². The summed E-state index contributed by atoms with van der Waals surface area (Å²) in [7, 11) is -1.16. The van der Waals surface area contributed by atoms with Crippen LogP contribution in [0.2, 0.25) is 5.02 Å². The molecule has 6 nitrogen and oxygen atoms in total. The number of nitrogens with one attached hydrogen (secondary N) is 1. The summed E-state index contributed by atoms with van der Waals surface area (Å²) in [6.07, 6.45) is 3.14. The Morgan fingerprint density at radius 3 is 2.47 bits per heavy atom. The zero-order chi connectivity index (χ0) is 21.7. The molecule has 9 heteroatoms. The Kier molecular flexibility index (Phi) is 7.06. The lowest BCUT2D eigenvalue weighted by atomic mass is 10.2. The molecule has 2 aromatic carbocycles. The van der Waals surface area contributed by atoms with E-state index in [1.165, 1.54) is 55.8 Å². The minimum atomic E-state index is -3.73. The van der Waals surface area contributed by atoms with Crippen molar-refractivity contribution in [3.8, 4) is 10.4 Å². The Morgan fingerprint density at radius 2 is 1.80 bits per heavy atom. The number of carbonyl (C=O) groups is 1. The summed E-state index contributed by atoms with van der Waals surface area (Å²) in [5.74, 6) is -0.327. The van der Waals surface area contributed by atoms with Crippen molar-refractivity contribution in [1.82, 2.24) is 4.47 Å². The molecule has 1 heterocycles. The number of carbonyl (C=O) groups excluding carboxylic acids is 1. The van der Waals surface area contributed by atoms with Gasteiger partial charge in [-0.3, -0.25) is 9.63 Å². The van der Waals surface area contributed by atoms with Crippen LogP contribution < -0.4 is 5.32 Å². The maximum Gasteiger partial charge on any atom is 0.264 e. The number of halogens is 1. The summed E-state index contributed by atoms with van der Waals surface area (Å²) in [5.41, 5.74) is 1.43. The molecular weight excluding hydrogens is 444 g/mol. The highest BCUT2D eigenvalue weighted by Gasteiger charge is 2.20. The van der Waals surface area contributed by atoms with E-state index in [9.17, 15) is 13.2 Å². The maximum absolute atomic E-state index is 12.2. The minimum absolute atomic E-state index is 0.0612. The van der Waals surface area contributed by atoms with Crippen molar-refractivity contribution in [3.05, 3.63) is 76.6 Å². The first kappa shape index (κ1) is 22.2. The van der Waals surface area contributed by atoms with Crippen LogP contribution in [0.15, 0.2) is 71.6 Å². The molecule has 0 saturated heterocycles. The Bertz CT molecular complexity index is 1170. The van der Waals surface area contributed by atoms with Crippen molar-refractivity contribution in [2.24, 2.45) is 0 Å². The Morgan fingerprint density at radius 1 is 1.10 bits per heavy atom. The van der Waals surface area contributed by atoms with E-state index in [1.54, 1.807) is 6.08 Å². The number of amides is 1. The molecule has 156 valence electrons. The molecule has 1 amide bonds. The number of hydroxylamine groups is 1. The molecule has 0 atom stereocenters. The molecular formula is C21H19ClN2O4S2. The van der Waals surface area contributed by atoms with Gasteiger partial charge in [-0.2, -0.15) is 0 Å². The first-order chi connectivity index (χ1) is 14.3. The number of thiophene rings is 1. The van der Waals surface area contributed by atoms with E-state index < -0.39 is 10.0 Å². The third-order valence-electron chi connectivity index (χ3n) is 4.18. The van der Waals surface area contributed by atoms with Crippen molar-refractivity contribution in [3.63, 3.8) is 0 Å². The Labute approximate surface area is 184 Å². The topological polar surface area (TPSA) is 75.7 Å². The summed E-state index contributed by atoms with van der Waals surface area (Å²) in [6, 6.07) is 17.3. The molecule has 30 heavy (non-hydrogen) atoms. The standard InChI is InChI=1S/C21H19ClN2O4S2/c1-24(28-2)30(26,27)17-11-7-15(8-12-17)23-21(25)14-10-16-9-13-20(29-16)18-5-3-4-6-19(18)22/h3-14H,1-2H3,(H,23,25)/b14-10+. The Balaban J connectivity index is 1.65. The van der Waals surface area contributed by atoms with E-state index in [2.05, 4.69) is 5.32 Å². The molecule has 0 fully saturated rings. The number of benzene rings is 2. The highest BCUT2D eigenvalue weighted by atomic mass is 35.5. The first-order valence-corrected chi connectivity index (χ1v) is 11.4. The van der Waals surface area contributed by atoms with Gasteiger partial charge in [0.1, 0.15) is 0 Å². The molecule has 0 radical (unpaired) electrons. The average Bonchev–Trinajstić information content (AvgIpc) is 3.21. The molecule has 0 aliphatic heterocycles. The second kappa shape index (κ2) is 9.55. The summed E-state index contributed by atoms with van der Waals surface area (Å²) in [4.78, 5) is 18.9. The predicted octanol–water partition coefficient (Wildman–Crippen LogP) is 4.90. The SMILES string of the molecule is CON(C)S(=O)(=O)c1ccc(NC(=O)/C=C/c2ccc(-c3ccccc3Cl)s2)cc1. The lowest BCUT2D eigenvalue weighted by Crippen LogP contribution is -2.25. The van der Waals surface area contributed by atoms with Crippen molar-refractivity contribution in [1.29, 1.82) is 0 Å². The number of hydrogen-bond donors (Lipinski definition) is 1. The lowest BCUT2D eigenvalue weighted by Gasteiger charge is -2.14. The third kappa shape index (κ3) is 5.16. The summed E-state index contributed by atoms with van der Waals surface area (Å²) >= 11 is 7.75.